The topological polar surface area (TPSA) is 64.0 Å². The number of aromatic nitrogens is 1. The monoisotopic (exact) mass is 394 g/mol. The van der Waals surface area contributed by atoms with Crippen molar-refractivity contribution in [3.05, 3.63) is 46.3 Å². The molecule has 0 bridgehead atoms. The largest absolute Gasteiger partial charge is 0.361 e. The number of benzene rings is 1. The molecule has 1 amide bonds. The van der Waals surface area contributed by atoms with E-state index >= 15 is 0 Å². The van der Waals surface area contributed by atoms with Crippen molar-refractivity contribution in [2.24, 2.45) is 0 Å². The third-order valence-corrected chi connectivity index (χ3v) is 4.78. The molecule has 6 nitrogen and oxygen atoms in total. The number of carbonyl (C=O) groups excluding carboxylic acids is 1. The van der Waals surface area contributed by atoms with Gasteiger partial charge in [-0.3, -0.25) is 4.79 Å². The van der Waals surface area contributed by atoms with E-state index in [4.69, 9.17) is 4.52 Å². The second-order valence-corrected chi connectivity index (χ2v) is 7.26. The average molecular weight is 395 g/mol. The van der Waals surface area contributed by atoms with Gasteiger partial charge in [0.2, 0.25) is 0 Å². The van der Waals surface area contributed by atoms with Crippen LogP contribution >= 0.6 is 15.9 Å². The van der Waals surface area contributed by atoms with E-state index in [9.17, 15) is 4.79 Å². The van der Waals surface area contributed by atoms with Crippen molar-refractivity contribution in [2.75, 3.05) is 38.0 Å². The fraction of sp³-hybridized carbons (Fsp3) is 0.412. The maximum atomic E-state index is 12.2. The molecule has 0 radical (unpaired) electrons. The van der Waals surface area contributed by atoms with Crippen LogP contribution in [0.25, 0.3) is 0 Å². The number of hydrogen-bond acceptors (Lipinski definition) is 3. The second kappa shape index (κ2) is 7.92. The first-order valence-electron chi connectivity index (χ1n) is 8.23. The van der Waals surface area contributed by atoms with Crippen LogP contribution in [0, 0.1) is 6.92 Å². The summed E-state index contributed by atoms with van der Waals surface area (Å²) in [5.41, 5.74) is 1.85. The third kappa shape index (κ3) is 4.90. The molecular weight excluding hydrogens is 372 g/mol. The summed E-state index contributed by atoms with van der Waals surface area (Å²) in [6, 6.07) is 9.67. The van der Waals surface area contributed by atoms with Crippen LogP contribution in [0.5, 0.6) is 0 Å². The van der Waals surface area contributed by atoms with Crippen LogP contribution < -0.4 is 15.1 Å². The Morgan fingerprint density at radius 3 is 2.67 bits per heavy atom. The van der Waals surface area contributed by atoms with Gasteiger partial charge in [0.05, 0.1) is 0 Å². The number of anilines is 1. The molecule has 1 aliphatic heterocycles. The van der Waals surface area contributed by atoms with Gasteiger partial charge in [-0.15, -0.1) is 0 Å². The molecule has 1 aromatic heterocycles. The number of amides is 1. The highest BCUT2D eigenvalue weighted by Crippen LogP contribution is 2.15. The summed E-state index contributed by atoms with van der Waals surface area (Å²) >= 11 is 3.41. The van der Waals surface area contributed by atoms with Gasteiger partial charge in [-0.05, 0) is 25.1 Å². The van der Waals surface area contributed by atoms with Crippen LogP contribution in [-0.4, -0.2) is 43.8 Å². The van der Waals surface area contributed by atoms with Gasteiger partial charge in [0, 0.05) is 16.2 Å². The number of rotatable bonds is 5. The molecule has 24 heavy (non-hydrogen) atoms. The molecule has 1 fully saturated rings. The minimum Gasteiger partial charge on any atom is -0.361 e. The van der Waals surface area contributed by atoms with Crippen LogP contribution in [0.1, 0.15) is 11.5 Å². The zero-order valence-electron chi connectivity index (χ0n) is 13.8. The van der Waals surface area contributed by atoms with Crippen molar-refractivity contribution < 1.29 is 19.1 Å². The van der Waals surface area contributed by atoms with Crippen LogP contribution in [0.2, 0.25) is 0 Å². The van der Waals surface area contributed by atoms with Crippen LogP contribution in [-0.2, 0) is 11.3 Å². The number of aryl methyl sites for hydroxylation is 1. The van der Waals surface area contributed by atoms with Crippen LogP contribution in [0.15, 0.2) is 39.3 Å². The molecule has 0 aliphatic carbocycles. The van der Waals surface area contributed by atoms with Gasteiger partial charge in [-0.25, -0.2) is 0 Å². The fourth-order valence-electron chi connectivity index (χ4n) is 3.07. The quantitative estimate of drug-likeness (QED) is 0.650. The molecule has 0 unspecified atom stereocenters. The summed E-state index contributed by atoms with van der Waals surface area (Å²) in [5, 5.41) is 7.03. The van der Waals surface area contributed by atoms with E-state index < -0.39 is 0 Å². The molecule has 0 spiro atoms. The first kappa shape index (κ1) is 17.1. The van der Waals surface area contributed by atoms with E-state index in [1.165, 1.54) is 9.80 Å². The van der Waals surface area contributed by atoms with Crippen LogP contribution in [0.3, 0.4) is 0 Å². The lowest BCUT2D eigenvalue weighted by Crippen LogP contribution is -3.28. The molecule has 1 aromatic carbocycles. The number of halogens is 1. The average Bonchev–Trinajstić information content (AvgIpc) is 2.94. The van der Waals surface area contributed by atoms with Gasteiger partial charge in [0.1, 0.15) is 44.2 Å². The predicted octanol–water partition coefficient (Wildman–Crippen LogP) is -0.332. The highest BCUT2D eigenvalue weighted by molar-refractivity contribution is 9.10. The van der Waals surface area contributed by atoms with E-state index in [0.29, 0.717) is 6.54 Å². The molecule has 1 saturated heterocycles. The molecule has 2 aromatic rings. The van der Waals surface area contributed by atoms with Gasteiger partial charge in [0.15, 0.2) is 6.54 Å². The molecule has 128 valence electrons. The van der Waals surface area contributed by atoms with Crippen molar-refractivity contribution in [1.82, 2.24) is 5.16 Å². The van der Waals surface area contributed by atoms with Gasteiger partial charge >= 0.3 is 0 Å². The molecule has 3 rings (SSSR count). The van der Waals surface area contributed by atoms with E-state index in [2.05, 4.69) is 26.4 Å². The van der Waals surface area contributed by atoms with Crippen molar-refractivity contribution in [3.63, 3.8) is 0 Å². The lowest BCUT2D eigenvalue weighted by atomic mass is 10.2. The standard InChI is InChI=1S/C17H21BrN4O2/c1-13-9-16(20-24-13)11-21-5-7-22(8-6-21)12-17(23)19-15-4-2-3-14(18)10-15/h2-4,9-10H,5-8,11-12H2,1H3,(H,19,23)/p+2. The number of nitrogens with zero attached hydrogens (tertiary/aromatic N) is 1. The molecule has 3 N–H and O–H groups in total. The van der Waals surface area contributed by atoms with E-state index in [1.807, 2.05) is 37.3 Å². The number of quaternary nitrogens is 2. The minimum atomic E-state index is 0.0682. The Balaban J connectivity index is 1.42. The predicted molar refractivity (Wildman–Crippen MR) is 94.0 cm³/mol. The molecule has 1 aliphatic rings. The Kier molecular flexibility index (Phi) is 5.65. The molecular formula is C17H23BrN4O2+2. The maximum Gasteiger partial charge on any atom is 0.279 e. The highest BCUT2D eigenvalue weighted by Gasteiger charge is 2.25. The number of carbonyl (C=O) groups is 1. The number of piperazine rings is 1. The molecule has 0 saturated carbocycles. The van der Waals surface area contributed by atoms with Gasteiger partial charge in [-0.2, -0.15) is 0 Å². The molecule has 0 atom stereocenters. The lowest BCUT2D eigenvalue weighted by Gasteiger charge is -2.28. The van der Waals surface area contributed by atoms with Crippen LogP contribution in [0.4, 0.5) is 5.69 Å². The summed E-state index contributed by atoms with van der Waals surface area (Å²) < 4.78 is 6.09. The Labute approximate surface area is 149 Å². The van der Waals surface area contributed by atoms with Crippen molar-refractivity contribution in [3.8, 4) is 0 Å². The second-order valence-electron chi connectivity index (χ2n) is 6.34. The summed E-state index contributed by atoms with van der Waals surface area (Å²) in [7, 11) is 0. The minimum absolute atomic E-state index is 0.0682. The van der Waals surface area contributed by atoms with Gasteiger partial charge in [-0.1, -0.05) is 27.2 Å². The Morgan fingerprint density at radius 1 is 1.25 bits per heavy atom. The number of nitrogens with one attached hydrogen (secondary N) is 3. The smallest absolute Gasteiger partial charge is 0.279 e. The number of hydrogen-bond donors (Lipinski definition) is 3. The maximum absolute atomic E-state index is 12.2. The Morgan fingerprint density at radius 2 is 2.00 bits per heavy atom. The zero-order chi connectivity index (χ0) is 16.9. The van der Waals surface area contributed by atoms with E-state index in [0.717, 1.165) is 54.3 Å². The van der Waals surface area contributed by atoms with Crippen molar-refractivity contribution in [2.45, 2.75) is 13.5 Å². The van der Waals surface area contributed by atoms with Crippen molar-refractivity contribution >= 4 is 27.5 Å². The van der Waals surface area contributed by atoms with Gasteiger partial charge < -0.3 is 19.6 Å². The SMILES string of the molecule is Cc1cc(C[NH+]2CC[NH+](CC(=O)Nc3cccc(Br)c3)CC2)no1. The fourth-order valence-corrected chi connectivity index (χ4v) is 3.47. The summed E-state index contributed by atoms with van der Waals surface area (Å²) in [6.45, 7) is 7.42. The molecule has 7 heteroatoms. The van der Waals surface area contributed by atoms with Crippen molar-refractivity contribution in [1.29, 1.82) is 0 Å². The first-order chi connectivity index (χ1) is 11.6. The lowest BCUT2D eigenvalue weighted by molar-refractivity contribution is -1.02. The van der Waals surface area contributed by atoms with Gasteiger partial charge in [0.25, 0.3) is 5.91 Å². The Hall–Kier alpha value is -1.70. The Bertz CT molecular complexity index is 695. The summed E-state index contributed by atoms with van der Waals surface area (Å²) in [4.78, 5) is 15.0. The summed E-state index contributed by atoms with van der Waals surface area (Å²) in [5.74, 6) is 0.927. The molecule has 2 heterocycles. The zero-order valence-corrected chi connectivity index (χ0v) is 15.4. The van der Waals surface area contributed by atoms with E-state index in [-0.39, 0.29) is 5.91 Å². The first-order valence-corrected chi connectivity index (χ1v) is 9.02. The van der Waals surface area contributed by atoms with E-state index in [1.54, 1.807) is 0 Å². The summed E-state index contributed by atoms with van der Waals surface area (Å²) in [6.07, 6.45) is 0. The normalized spacial score (nSPS) is 20.8. The highest BCUT2D eigenvalue weighted by atomic mass is 79.9. The third-order valence-electron chi connectivity index (χ3n) is 4.29.